The molecule has 2 N–H and O–H groups in total. The van der Waals surface area contributed by atoms with E-state index in [1.807, 2.05) is 49.4 Å². The quantitative estimate of drug-likeness (QED) is 0.584. The lowest BCUT2D eigenvalue weighted by Crippen LogP contribution is -2.36. The molecule has 0 saturated carbocycles. The molecule has 2 aromatic rings. The van der Waals surface area contributed by atoms with Gasteiger partial charge in [0.05, 0.1) is 6.61 Å². The highest BCUT2D eigenvalue weighted by molar-refractivity contribution is 6.06. The van der Waals surface area contributed by atoms with Crippen molar-refractivity contribution < 1.29 is 23.9 Å². The Morgan fingerprint density at radius 3 is 2.19 bits per heavy atom. The van der Waals surface area contributed by atoms with Crippen molar-refractivity contribution in [2.75, 3.05) is 18.5 Å². The molecule has 0 aromatic heterocycles. The number of rotatable bonds is 7. The van der Waals surface area contributed by atoms with Crippen molar-refractivity contribution in [1.82, 2.24) is 5.32 Å². The van der Waals surface area contributed by atoms with Gasteiger partial charge in [0.25, 0.3) is 5.91 Å². The number of nitrogens with one attached hydrogen (secondary N) is 2. The Hall–Kier alpha value is -3.87. The zero-order chi connectivity index (χ0) is 25.1. The first-order valence-corrected chi connectivity index (χ1v) is 12.6. The molecular formula is C29H30N2O5. The fraction of sp³-hybridized carbons (Fsp3) is 0.345. The molecule has 0 bridgehead atoms. The highest BCUT2D eigenvalue weighted by atomic mass is 16.5. The summed E-state index contributed by atoms with van der Waals surface area (Å²) in [6.45, 7) is 2.10. The zero-order valence-corrected chi connectivity index (χ0v) is 20.4. The molecule has 2 aliphatic carbocycles. The second-order valence-corrected chi connectivity index (χ2v) is 9.24. The maximum Gasteiger partial charge on any atom is 0.262 e. The number of para-hydroxylation sites is 1. The summed E-state index contributed by atoms with van der Waals surface area (Å²) in [5.41, 5.74) is 4.81. The van der Waals surface area contributed by atoms with Crippen molar-refractivity contribution in [3.8, 4) is 11.5 Å². The topological polar surface area (TPSA) is 93.7 Å². The zero-order valence-electron chi connectivity index (χ0n) is 20.4. The number of carbonyl (C=O) groups excluding carboxylic acids is 3. The molecule has 0 spiro atoms. The summed E-state index contributed by atoms with van der Waals surface area (Å²) in [5, 5.41) is 6.24. The molecule has 1 aliphatic heterocycles. The molecule has 0 saturated heterocycles. The van der Waals surface area contributed by atoms with Gasteiger partial charge in [0, 0.05) is 47.0 Å². The summed E-state index contributed by atoms with van der Waals surface area (Å²) in [6.07, 6.45) is 4.22. The Bertz CT molecular complexity index is 1220. The van der Waals surface area contributed by atoms with Gasteiger partial charge in [0.15, 0.2) is 29.7 Å². The number of anilines is 1. The third-order valence-corrected chi connectivity index (χ3v) is 6.81. The van der Waals surface area contributed by atoms with Crippen LogP contribution >= 0.6 is 0 Å². The van der Waals surface area contributed by atoms with Crippen LogP contribution in [0.4, 0.5) is 5.69 Å². The Balaban J connectivity index is 1.44. The van der Waals surface area contributed by atoms with E-state index in [0.29, 0.717) is 47.8 Å². The molecule has 5 rings (SSSR count). The molecule has 0 atom stereocenters. The second-order valence-electron chi connectivity index (χ2n) is 9.24. The van der Waals surface area contributed by atoms with Gasteiger partial charge in [-0.25, -0.2) is 0 Å². The molecule has 7 nitrogen and oxygen atoms in total. The van der Waals surface area contributed by atoms with Crippen LogP contribution in [0.15, 0.2) is 71.1 Å². The number of hydrogen-bond donors (Lipinski definition) is 2. The minimum absolute atomic E-state index is 0.0922. The summed E-state index contributed by atoms with van der Waals surface area (Å²) in [5.74, 6) is 0.412. The van der Waals surface area contributed by atoms with Gasteiger partial charge in [-0.2, -0.15) is 0 Å². The number of Topliss-reactive ketones (excluding diaryl/α,β-unsaturated/α-hetero) is 2. The molecule has 0 radical (unpaired) electrons. The van der Waals surface area contributed by atoms with Crippen molar-refractivity contribution in [3.63, 3.8) is 0 Å². The van der Waals surface area contributed by atoms with Gasteiger partial charge >= 0.3 is 0 Å². The van der Waals surface area contributed by atoms with Crippen molar-refractivity contribution in [1.29, 1.82) is 0 Å². The molecule has 186 valence electrons. The first kappa shape index (κ1) is 23.9. The largest absolute Gasteiger partial charge is 0.490 e. The summed E-state index contributed by atoms with van der Waals surface area (Å²) >= 11 is 0. The maximum absolute atomic E-state index is 13.1. The van der Waals surface area contributed by atoms with Gasteiger partial charge < -0.3 is 20.1 Å². The number of hydrogen-bond acceptors (Lipinski definition) is 6. The van der Waals surface area contributed by atoms with Crippen LogP contribution in [0.5, 0.6) is 11.5 Å². The highest BCUT2D eigenvalue weighted by Crippen LogP contribution is 2.46. The summed E-state index contributed by atoms with van der Waals surface area (Å²) in [7, 11) is 0. The van der Waals surface area contributed by atoms with E-state index in [2.05, 4.69) is 10.6 Å². The monoisotopic (exact) mass is 486 g/mol. The van der Waals surface area contributed by atoms with E-state index in [9.17, 15) is 14.4 Å². The minimum Gasteiger partial charge on any atom is -0.490 e. The average molecular weight is 487 g/mol. The molecule has 0 fully saturated rings. The van der Waals surface area contributed by atoms with Crippen molar-refractivity contribution in [3.05, 3.63) is 76.6 Å². The summed E-state index contributed by atoms with van der Waals surface area (Å²) in [4.78, 5) is 38.5. The highest BCUT2D eigenvalue weighted by Gasteiger charge is 2.40. The van der Waals surface area contributed by atoms with E-state index >= 15 is 0 Å². The van der Waals surface area contributed by atoms with Crippen LogP contribution in [0.2, 0.25) is 0 Å². The maximum atomic E-state index is 13.1. The standard InChI is InChI=1S/C29H30N2O5/c1-2-35-25-16-18(14-15-24(25)36-17-26(34)30-19-8-4-3-5-9-19)27-28-20(10-6-12-22(28)32)31-21-11-7-13-23(33)29(21)27/h3-5,8-9,14-16,27,31H,2,6-7,10-13,17H2,1H3,(H,30,34). The molecular weight excluding hydrogens is 456 g/mol. The fourth-order valence-corrected chi connectivity index (χ4v) is 5.27. The Kier molecular flexibility index (Phi) is 6.89. The summed E-state index contributed by atoms with van der Waals surface area (Å²) in [6, 6.07) is 14.7. The predicted molar refractivity (Wildman–Crippen MR) is 136 cm³/mol. The van der Waals surface area contributed by atoms with Gasteiger partial charge in [-0.3, -0.25) is 14.4 Å². The second kappa shape index (κ2) is 10.4. The smallest absolute Gasteiger partial charge is 0.262 e. The number of ether oxygens (including phenoxy) is 2. The van der Waals surface area contributed by atoms with Gasteiger partial charge in [-0.1, -0.05) is 24.3 Å². The van der Waals surface area contributed by atoms with Gasteiger partial charge in [0.2, 0.25) is 0 Å². The number of carbonyl (C=O) groups is 3. The minimum atomic E-state index is -0.411. The lowest BCUT2D eigenvalue weighted by molar-refractivity contribution is -0.118. The molecule has 7 heteroatoms. The van der Waals surface area contributed by atoms with Crippen LogP contribution < -0.4 is 20.1 Å². The van der Waals surface area contributed by atoms with Gasteiger partial charge in [-0.05, 0) is 62.4 Å². The molecule has 0 unspecified atom stereocenters. The summed E-state index contributed by atoms with van der Waals surface area (Å²) < 4.78 is 11.7. The number of ketones is 2. The van der Waals surface area contributed by atoms with E-state index < -0.39 is 5.92 Å². The SMILES string of the molecule is CCOc1cc(C2C3=C(CCCC3=O)NC3=C2C(=O)CCC3)ccc1OCC(=O)Nc1ccccc1. The first-order valence-electron chi connectivity index (χ1n) is 12.6. The normalized spacial score (nSPS) is 17.8. The van der Waals surface area contributed by atoms with E-state index in [1.165, 1.54) is 0 Å². The average Bonchev–Trinajstić information content (AvgIpc) is 2.88. The first-order chi connectivity index (χ1) is 17.5. The number of dihydropyridines is 1. The third-order valence-electron chi connectivity index (χ3n) is 6.81. The lowest BCUT2D eigenvalue weighted by atomic mass is 9.71. The molecule has 1 heterocycles. The predicted octanol–water partition coefficient (Wildman–Crippen LogP) is 4.80. The third kappa shape index (κ3) is 4.78. The van der Waals surface area contributed by atoms with Crippen LogP contribution in [0, 0.1) is 0 Å². The van der Waals surface area contributed by atoms with Crippen LogP contribution in [-0.2, 0) is 14.4 Å². The van der Waals surface area contributed by atoms with Crippen molar-refractivity contribution in [2.24, 2.45) is 0 Å². The lowest BCUT2D eigenvalue weighted by Gasteiger charge is -2.37. The van der Waals surface area contributed by atoms with E-state index in [4.69, 9.17) is 9.47 Å². The fourth-order valence-electron chi connectivity index (χ4n) is 5.27. The molecule has 3 aliphatic rings. The van der Waals surface area contributed by atoms with Crippen LogP contribution in [0.3, 0.4) is 0 Å². The molecule has 2 aromatic carbocycles. The Morgan fingerprint density at radius 2 is 1.56 bits per heavy atom. The van der Waals surface area contributed by atoms with E-state index in [-0.39, 0.29) is 24.1 Å². The van der Waals surface area contributed by atoms with Crippen LogP contribution in [-0.4, -0.2) is 30.7 Å². The van der Waals surface area contributed by atoms with E-state index in [1.54, 1.807) is 6.07 Å². The Morgan fingerprint density at radius 1 is 0.889 bits per heavy atom. The van der Waals surface area contributed by atoms with Crippen molar-refractivity contribution in [2.45, 2.75) is 51.4 Å². The van der Waals surface area contributed by atoms with Crippen molar-refractivity contribution >= 4 is 23.2 Å². The number of amides is 1. The van der Waals surface area contributed by atoms with Gasteiger partial charge in [0.1, 0.15) is 0 Å². The van der Waals surface area contributed by atoms with Crippen LogP contribution in [0.1, 0.15) is 56.9 Å². The van der Waals surface area contributed by atoms with Gasteiger partial charge in [-0.15, -0.1) is 0 Å². The molecule has 36 heavy (non-hydrogen) atoms. The number of benzene rings is 2. The van der Waals surface area contributed by atoms with Crippen LogP contribution in [0.25, 0.3) is 0 Å². The molecule has 1 amide bonds. The Labute approximate surface area is 210 Å². The number of allylic oxidation sites excluding steroid dienone is 4. The van der Waals surface area contributed by atoms with E-state index in [0.717, 1.165) is 42.6 Å².